The average Bonchev–Trinajstić information content (AvgIpc) is 3.11. The van der Waals surface area contributed by atoms with Gasteiger partial charge in [-0.2, -0.15) is 0 Å². The highest BCUT2D eigenvalue weighted by Gasteiger charge is 2.27. The highest BCUT2D eigenvalue weighted by Crippen LogP contribution is 2.33. The Labute approximate surface area is 179 Å². The van der Waals surface area contributed by atoms with Crippen LogP contribution >= 0.6 is 11.8 Å². The Kier molecular flexibility index (Phi) is 7.24. The van der Waals surface area contributed by atoms with Crippen LogP contribution in [0.1, 0.15) is 18.1 Å². The Hall–Kier alpha value is -3.13. The summed E-state index contributed by atoms with van der Waals surface area (Å²) in [5, 5.41) is 6.22. The number of carbonyl (C=O) groups excluding carboxylic acids is 2. The number of thioether (sulfide) groups is 1. The van der Waals surface area contributed by atoms with E-state index in [4.69, 9.17) is 9.47 Å². The van der Waals surface area contributed by atoms with Crippen molar-refractivity contribution in [3.8, 4) is 11.5 Å². The Balaban J connectivity index is 1.68. The van der Waals surface area contributed by atoms with Crippen molar-refractivity contribution in [2.45, 2.75) is 18.8 Å². The topological polar surface area (TPSA) is 85.9 Å². The summed E-state index contributed by atoms with van der Waals surface area (Å²) < 4.78 is 15.3. The molecule has 1 heterocycles. The minimum atomic E-state index is -0.481. The maximum Gasteiger partial charge on any atom is 0.343 e. The predicted molar refractivity (Wildman–Crippen MR) is 117 cm³/mol. The Morgan fingerprint density at radius 1 is 1.17 bits per heavy atom. The van der Waals surface area contributed by atoms with Crippen LogP contribution in [0, 0.1) is 0 Å². The van der Waals surface area contributed by atoms with Crippen molar-refractivity contribution in [2.24, 2.45) is 0 Å². The predicted octanol–water partition coefficient (Wildman–Crippen LogP) is 3.41. The average molecular weight is 429 g/mol. The number of nitrogens with one attached hydrogen (secondary N) is 2. The van der Waals surface area contributed by atoms with Gasteiger partial charge in [-0.05, 0) is 47.9 Å². The number of methoxy groups -OCH3 is 2. The molecule has 7 nitrogen and oxygen atoms in total. The summed E-state index contributed by atoms with van der Waals surface area (Å²) in [6.45, 7) is 1.90. The van der Waals surface area contributed by atoms with E-state index in [1.165, 1.54) is 31.5 Å². The van der Waals surface area contributed by atoms with E-state index >= 15 is 0 Å². The lowest BCUT2D eigenvalue weighted by Crippen LogP contribution is -2.30. The number of amides is 1. The van der Waals surface area contributed by atoms with Crippen molar-refractivity contribution < 1.29 is 23.8 Å². The minimum absolute atomic E-state index is 0.146. The van der Waals surface area contributed by atoms with E-state index in [2.05, 4.69) is 34.4 Å². The second kappa shape index (κ2) is 10.1. The van der Waals surface area contributed by atoms with E-state index in [1.54, 1.807) is 24.3 Å². The number of ether oxygens (including phenoxy) is 3. The smallest absolute Gasteiger partial charge is 0.343 e. The first-order valence-corrected chi connectivity index (χ1v) is 10.3. The van der Waals surface area contributed by atoms with Gasteiger partial charge in [-0.1, -0.05) is 36.9 Å². The van der Waals surface area contributed by atoms with Crippen LogP contribution in [0.25, 0.3) is 6.08 Å². The largest absolute Gasteiger partial charge is 0.493 e. The van der Waals surface area contributed by atoms with Crippen molar-refractivity contribution in [1.29, 1.82) is 0 Å². The number of rotatable bonds is 8. The zero-order valence-corrected chi connectivity index (χ0v) is 17.9. The second-order valence-electron chi connectivity index (χ2n) is 6.45. The van der Waals surface area contributed by atoms with Gasteiger partial charge < -0.3 is 24.8 Å². The standard InChI is InChI=1S/C22H24N2O5S/c1-4-14-5-8-16(9-6-14)23-22-24-21(26)19(30-22)12-15-7-10-17(18(11-15)27-2)29-13-20(25)28-3/h5-12,22-23H,4,13H2,1-3H3,(H,24,26)/b19-12-/t22-/m1/s1. The normalized spacial score (nSPS) is 16.8. The quantitative estimate of drug-likeness (QED) is 0.492. The fraction of sp³-hybridized carbons (Fsp3) is 0.273. The molecule has 1 saturated heterocycles. The zero-order valence-electron chi connectivity index (χ0n) is 17.1. The molecular formula is C22H24N2O5S. The molecule has 1 aliphatic heterocycles. The lowest BCUT2D eigenvalue weighted by Gasteiger charge is -2.13. The van der Waals surface area contributed by atoms with E-state index in [-0.39, 0.29) is 18.0 Å². The molecule has 158 valence electrons. The summed E-state index contributed by atoms with van der Waals surface area (Å²) in [6, 6.07) is 13.4. The van der Waals surface area contributed by atoms with Crippen LogP contribution in [0.2, 0.25) is 0 Å². The summed E-state index contributed by atoms with van der Waals surface area (Å²) in [4.78, 5) is 24.2. The number of anilines is 1. The van der Waals surface area contributed by atoms with Crippen LogP contribution in [0.15, 0.2) is 47.4 Å². The van der Waals surface area contributed by atoms with Gasteiger partial charge in [-0.15, -0.1) is 0 Å². The number of hydrogen-bond acceptors (Lipinski definition) is 7. The third kappa shape index (κ3) is 5.48. The van der Waals surface area contributed by atoms with Gasteiger partial charge in [0.15, 0.2) is 23.6 Å². The molecular weight excluding hydrogens is 404 g/mol. The molecule has 0 saturated carbocycles. The maximum absolute atomic E-state index is 12.4. The van der Waals surface area contributed by atoms with Crippen molar-refractivity contribution in [3.05, 3.63) is 58.5 Å². The van der Waals surface area contributed by atoms with Gasteiger partial charge in [-0.3, -0.25) is 4.79 Å². The fourth-order valence-electron chi connectivity index (χ4n) is 2.79. The number of aryl methyl sites for hydroxylation is 1. The van der Waals surface area contributed by atoms with E-state index in [0.717, 1.165) is 17.7 Å². The van der Waals surface area contributed by atoms with E-state index in [9.17, 15) is 9.59 Å². The van der Waals surface area contributed by atoms with Gasteiger partial charge in [0.1, 0.15) is 0 Å². The molecule has 0 aromatic heterocycles. The molecule has 1 aliphatic rings. The van der Waals surface area contributed by atoms with Crippen LogP contribution in [0.5, 0.6) is 11.5 Å². The third-order valence-electron chi connectivity index (χ3n) is 4.45. The van der Waals surface area contributed by atoms with Crippen molar-refractivity contribution >= 4 is 35.4 Å². The van der Waals surface area contributed by atoms with Crippen LogP contribution in [0.4, 0.5) is 5.69 Å². The van der Waals surface area contributed by atoms with Gasteiger partial charge in [0.2, 0.25) is 0 Å². The van der Waals surface area contributed by atoms with E-state index in [0.29, 0.717) is 16.4 Å². The summed E-state index contributed by atoms with van der Waals surface area (Å²) in [7, 11) is 2.81. The number of carbonyl (C=O) groups is 2. The summed E-state index contributed by atoms with van der Waals surface area (Å²) in [6.07, 6.45) is 2.77. The molecule has 1 atom stereocenters. The van der Waals surface area contributed by atoms with Gasteiger partial charge in [0.05, 0.1) is 19.1 Å². The van der Waals surface area contributed by atoms with Crippen LogP contribution < -0.4 is 20.1 Å². The van der Waals surface area contributed by atoms with Gasteiger partial charge in [0, 0.05) is 5.69 Å². The van der Waals surface area contributed by atoms with Crippen LogP contribution in [-0.4, -0.2) is 38.2 Å². The van der Waals surface area contributed by atoms with Gasteiger partial charge in [0.25, 0.3) is 5.91 Å². The fourth-order valence-corrected chi connectivity index (χ4v) is 3.78. The van der Waals surface area contributed by atoms with Crippen molar-refractivity contribution in [2.75, 3.05) is 26.1 Å². The molecule has 30 heavy (non-hydrogen) atoms. The Morgan fingerprint density at radius 3 is 2.60 bits per heavy atom. The molecule has 0 aliphatic carbocycles. The highest BCUT2D eigenvalue weighted by molar-refractivity contribution is 8.05. The zero-order chi connectivity index (χ0) is 21.5. The molecule has 0 bridgehead atoms. The molecule has 2 N–H and O–H groups in total. The van der Waals surface area contributed by atoms with Crippen molar-refractivity contribution in [1.82, 2.24) is 5.32 Å². The molecule has 3 rings (SSSR count). The lowest BCUT2D eigenvalue weighted by atomic mass is 10.1. The molecule has 0 radical (unpaired) electrons. The van der Waals surface area contributed by atoms with Crippen LogP contribution in [-0.2, 0) is 20.7 Å². The van der Waals surface area contributed by atoms with Gasteiger partial charge >= 0.3 is 5.97 Å². The first-order valence-electron chi connectivity index (χ1n) is 9.44. The lowest BCUT2D eigenvalue weighted by molar-refractivity contribution is -0.142. The van der Waals surface area contributed by atoms with E-state index in [1.807, 2.05) is 12.1 Å². The summed E-state index contributed by atoms with van der Waals surface area (Å²) >= 11 is 1.41. The maximum atomic E-state index is 12.4. The van der Waals surface area contributed by atoms with Crippen LogP contribution in [0.3, 0.4) is 0 Å². The second-order valence-corrected chi connectivity index (χ2v) is 7.60. The molecule has 2 aromatic carbocycles. The monoisotopic (exact) mass is 428 g/mol. The third-order valence-corrected chi connectivity index (χ3v) is 5.48. The molecule has 1 amide bonds. The Bertz CT molecular complexity index is 943. The molecule has 2 aromatic rings. The molecule has 0 unspecified atom stereocenters. The van der Waals surface area contributed by atoms with Crippen molar-refractivity contribution in [3.63, 3.8) is 0 Å². The molecule has 8 heteroatoms. The highest BCUT2D eigenvalue weighted by atomic mass is 32.2. The first-order chi connectivity index (χ1) is 14.5. The number of hydrogen-bond donors (Lipinski definition) is 2. The molecule has 1 fully saturated rings. The first kappa shape index (κ1) is 21.6. The summed E-state index contributed by atoms with van der Waals surface area (Å²) in [5.41, 5.74) is 2.74. The summed E-state index contributed by atoms with van der Waals surface area (Å²) in [5.74, 6) is 0.254. The SMILES string of the molecule is CCc1ccc(N[C@@H]2NC(=O)/C(=C/c3ccc(OCC(=O)OC)c(OC)c3)S2)cc1. The minimum Gasteiger partial charge on any atom is -0.493 e. The number of benzene rings is 2. The number of esters is 1. The van der Waals surface area contributed by atoms with Gasteiger partial charge in [-0.25, -0.2) is 4.79 Å². The molecule has 0 spiro atoms. The van der Waals surface area contributed by atoms with E-state index < -0.39 is 5.97 Å². The Morgan fingerprint density at radius 2 is 1.93 bits per heavy atom.